The summed E-state index contributed by atoms with van der Waals surface area (Å²) in [7, 11) is 1.70. The largest absolute Gasteiger partial charge is 0.393 e. The minimum absolute atomic E-state index is 0.242. The van der Waals surface area contributed by atoms with Crippen LogP contribution < -0.4 is 0 Å². The quantitative estimate of drug-likeness (QED) is 0.796. The third-order valence-corrected chi connectivity index (χ3v) is 3.88. The van der Waals surface area contributed by atoms with Crippen molar-refractivity contribution in [2.45, 2.75) is 39.2 Å². The average Bonchev–Trinajstić information content (AvgIpc) is 2.65. The number of thiophene rings is 1. The van der Waals surface area contributed by atoms with Crippen molar-refractivity contribution in [1.29, 1.82) is 0 Å². The molecule has 0 fully saturated rings. The number of hydrogen-bond acceptors (Lipinski definition) is 3. The van der Waals surface area contributed by atoms with Crippen molar-refractivity contribution in [3.63, 3.8) is 0 Å². The molecule has 2 atom stereocenters. The molecule has 1 heterocycles. The summed E-state index contributed by atoms with van der Waals surface area (Å²) in [6, 6.07) is 4.29. The molecule has 1 rings (SSSR count). The molecule has 92 valence electrons. The van der Waals surface area contributed by atoms with Crippen LogP contribution >= 0.6 is 11.3 Å². The number of aliphatic hydroxyl groups is 1. The molecule has 1 N–H and O–H groups in total. The zero-order chi connectivity index (χ0) is 12.0. The lowest BCUT2D eigenvalue weighted by atomic mass is 10.0. The molecule has 0 spiro atoms. The highest BCUT2D eigenvalue weighted by atomic mass is 32.1. The molecule has 2 nitrogen and oxygen atoms in total. The maximum absolute atomic E-state index is 9.93. The number of methoxy groups -OCH3 is 1. The second-order valence-electron chi connectivity index (χ2n) is 4.38. The highest BCUT2D eigenvalue weighted by Gasteiger charge is 2.12. The van der Waals surface area contributed by atoms with Crippen LogP contribution in [0.25, 0.3) is 0 Å². The molecule has 0 radical (unpaired) electrons. The van der Waals surface area contributed by atoms with Crippen molar-refractivity contribution in [2.24, 2.45) is 5.92 Å². The van der Waals surface area contributed by atoms with Crippen LogP contribution in [0, 0.1) is 5.92 Å². The lowest BCUT2D eigenvalue weighted by molar-refractivity contribution is 0.102. The maximum atomic E-state index is 9.93. The van der Waals surface area contributed by atoms with Gasteiger partial charge in [0.25, 0.3) is 0 Å². The predicted octanol–water partition coefficient (Wildman–Crippen LogP) is 2.89. The zero-order valence-corrected chi connectivity index (χ0v) is 11.2. The summed E-state index contributed by atoms with van der Waals surface area (Å²) in [6.07, 6.45) is 2.43. The van der Waals surface area contributed by atoms with Crippen LogP contribution in [0.3, 0.4) is 0 Å². The fourth-order valence-electron chi connectivity index (χ4n) is 1.85. The van der Waals surface area contributed by atoms with E-state index in [-0.39, 0.29) is 6.10 Å². The van der Waals surface area contributed by atoms with E-state index in [1.54, 1.807) is 7.11 Å². The van der Waals surface area contributed by atoms with Gasteiger partial charge in [0.05, 0.1) is 6.10 Å². The van der Waals surface area contributed by atoms with Gasteiger partial charge in [-0.25, -0.2) is 0 Å². The Hall–Kier alpha value is -0.380. The van der Waals surface area contributed by atoms with E-state index >= 15 is 0 Å². The van der Waals surface area contributed by atoms with Crippen LogP contribution in [0.15, 0.2) is 12.1 Å². The Bertz CT molecular complexity index is 296. The van der Waals surface area contributed by atoms with E-state index in [9.17, 15) is 5.11 Å². The second kappa shape index (κ2) is 7.05. The molecule has 3 heteroatoms. The molecular formula is C13H22O2S. The summed E-state index contributed by atoms with van der Waals surface area (Å²) in [6.45, 7) is 4.99. The number of ether oxygens (including phenoxy) is 1. The van der Waals surface area contributed by atoms with Crippen molar-refractivity contribution >= 4 is 11.3 Å². The fourth-order valence-corrected chi connectivity index (χ4v) is 2.88. The fraction of sp³-hybridized carbons (Fsp3) is 0.692. The minimum atomic E-state index is -0.242. The van der Waals surface area contributed by atoms with Gasteiger partial charge < -0.3 is 9.84 Å². The van der Waals surface area contributed by atoms with E-state index < -0.39 is 0 Å². The number of hydrogen-bond donors (Lipinski definition) is 1. The van der Waals surface area contributed by atoms with Gasteiger partial charge >= 0.3 is 0 Å². The number of aliphatic hydroxyl groups excluding tert-OH is 1. The molecule has 1 aromatic heterocycles. The van der Waals surface area contributed by atoms with E-state index in [4.69, 9.17) is 4.74 Å². The van der Waals surface area contributed by atoms with Gasteiger partial charge in [-0.3, -0.25) is 0 Å². The second-order valence-corrected chi connectivity index (χ2v) is 5.63. The van der Waals surface area contributed by atoms with Gasteiger partial charge in [-0.2, -0.15) is 0 Å². The molecule has 0 amide bonds. The molecule has 0 saturated heterocycles. The van der Waals surface area contributed by atoms with E-state index in [2.05, 4.69) is 26.0 Å². The summed E-state index contributed by atoms with van der Waals surface area (Å²) in [4.78, 5) is 2.68. The van der Waals surface area contributed by atoms with Gasteiger partial charge in [-0.15, -0.1) is 11.3 Å². The summed E-state index contributed by atoms with van der Waals surface area (Å²) >= 11 is 1.81. The number of rotatable bonds is 7. The van der Waals surface area contributed by atoms with Crippen LogP contribution in [-0.4, -0.2) is 24.9 Å². The summed E-state index contributed by atoms with van der Waals surface area (Å²) < 4.78 is 5.07. The smallest absolute Gasteiger partial charge is 0.0591 e. The molecule has 0 aliphatic rings. The van der Waals surface area contributed by atoms with Gasteiger partial charge in [-0.05, 0) is 30.9 Å². The van der Waals surface area contributed by atoms with Gasteiger partial charge in [-0.1, -0.05) is 13.8 Å². The van der Waals surface area contributed by atoms with Crippen molar-refractivity contribution < 1.29 is 9.84 Å². The Morgan fingerprint density at radius 3 is 2.62 bits per heavy atom. The van der Waals surface area contributed by atoms with E-state index in [0.29, 0.717) is 5.92 Å². The standard InChI is InChI=1S/C13H22O2S/c1-4-12-5-6-13(16-12)8-11(14)7-10(2)9-15-3/h5-6,10-11,14H,4,7-9H2,1-3H3. The van der Waals surface area contributed by atoms with Crippen LogP contribution in [0.2, 0.25) is 0 Å². The SMILES string of the molecule is CCc1ccc(CC(O)CC(C)COC)s1. The Labute approximate surface area is 102 Å². The van der Waals surface area contributed by atoms with Crippen molar-refractivity contribution in [3.8, 4) is 0 Å². The minimum Gasteiger partial charge on any atom is -0.393 e. The van der Waals surface area contributed by atoms with Crippen LogP contribution in [0.5, 0.6) is 0 Å². The van der Waals surface area contributed by atoms with Crippen molar-refractivity contribution in [2.75, 3.05) is 13.7 Å². The third kappa shape index (κ3) is 4.64. The van der Waals surface area contributed by atoms with Crippen LogP contribution in [-0.2, 0) is 17.6 Å². The first-order valence-electron chi connectivity index (χ1n) is 5.90. The Morgan fingerprint density at radius 2 is 2.06 bits per heavy atom. The molecular weight excluding hydrogens is 220 g/mol. The summed E-state index contributed by atoms with van der Waals surface area (Å²) in [5.41, 5.74) is 0. The van der Waals surface area contributed by atoms with Gasteiger partial charge in [0.1, 0.15) is 0 Å². The predicted molar refractivity (Wildman–Crippen MR) is 69.1 cm³/mol. The lowest BCUT2D eigenvalue weighted by Crippen LogP contribution is -2.16. The molecule has 0 aliphatic heterocycles. The van der Waals surface area contributed by atoms with E-state index in [0.717, 1.165) is 25.9 Å². The first-order chi connectivity index (χ1) is 7.65. The topological polar surface area (TPSA) is 29.5 Å². The lowest BCUT2D eigenvalue weighted by Gasteiger charge is -2.14. The summed E-state index contributed by atoms with van der Waals surface area (Å²) in [5, 5.41) is 9.93. The van der Waals surface area contributed by atoms with E-state index in [1.807, 2.05) is 11.3 Å². The van der Waals surface area contributed by atoms with Gasteiger partial charge in [0, 0.05) is 29.9 Å². The van der Waals surface area contributed by atoms with Crippen LogP contribution in [0.4, 0.5) is 0 Å². The molecule has 0 saturated carbocycles. The first-order valence-corrected chi connectivity index (χ1v) is 6.72. The number of aryl methyl sites for hydroxylation is 1. The Morgan fingerprint density at radius 1 is 1.38 bits per heavy atom. The Balaban J connectivity index is 2.35. The maximum Gasteiger partial charge on any atom is 0.0591 e. The average molecular weight is 242 g/mol. The highest BCUT2D eigenvalue weighted by molar-refractivity contribution is 7.11. The van der Waals surface area contributed by atoms with Gasteiger partial charge in [0.2, 0.25) is 0 Å². The Kier molecular flexibility index (Phi) is 6.03. The van der Waals surface area contributed by atoms with Crippen LogP contribution in [0.1, 0.15) is 30.0 Å². The molecule has 16 heavy (non-hydrogen) atoms. The van der Waals surface area contributed by atoms with E-state index in [1.165, 1.54) is 9.75 Å². The van der Waals surface area contributed by atoms with Crippen molar-refractivity contribution in [1.82, 2.24) is 0 Å². The van der Waals surface area contributed by atoms with Crippen molar-refractivity contribution in [3.05, 3.63) is 21.9 Å². The normalized spacial score (nSPS) is 15.0. The first kappa shape index (κ1) is 13.7. The zero-order valence-electron chi connectivity index (χ0n) is 10.4. The molecule has 0 bridgehead atoms. The molecule has 1 aromatic rings. The molecule has 0 aliphatic carbocycles. The van der Waals surface area contributed by atoms with Gasteiger partial charge in [0.15, 0.2) is 0 Å². The summed E-state index contributed by atoms with van der Waals surface area (Å²) in [5.74, 6) is 0.422. The third-order valence-electron chi connectivity index (χ3n) is 2.63. The molecule has 2 unspecified atom stereocenters. The molecule has 0 aromatic carbocycles. The monoisotopic (exact) mass is 242 g/mol. The highest BCUT2D eigenvalue weighted by Crippen LogP contribution is 2.20.